The molecule has 0 aromatic heterocycles. The minimum absolute atomic E-state index is 0.307. The maximum Gasteiger partial charge on any atom is 0.328 e. The number of rotatable bonds is 7. The highest BCUT2D eigenvalue weighted by molar-refractivity contribution is 6.16. The number of carbonyl (C=O) groups is 3. The normalized spacial score (nSPS) is 18.4. The number of urea groups is 1. The van der Waals surface area contributed by atoms with Crippen molar-refractivity contribution in [2.75, 3.05) is 0 Å². The van der Waals surface area contributed by atoms with Gasteiger partial charge in [0, 0.05) is 0 Å². The van der Waals surface area contributed by atoms with Gasteiger partial charge in [0.05, 0.1) is 0 Å². The Balaban J connectivity index is 2.31. The van der Waals surface area contributed by atoms with E-state index in [1.165, 1.54) is 12.8 Å². The summed E-state index contributed by atoms with van der Waals surface area (Å²) in [6.45, 7) is 6.46. The lowest BCUT2D eigenvalue weighted by Crippen LogP contribution is -2.55. The molecule has 19 heavy (non-hydrogen) atoms. The van der Waals surface area contributed by atoms with E-state index in [1.807, 2.05) is 6.92 Å². The van der Waals surface area contributed by atoms with Crippen LogP contribution < -0.4 is 10.6 Å². The van der Waals surface area contributed by atoms with Crippen LogP contribution >= 0.6 is 0 Å². The molecule has 0 bridgehead atoms. The average molecular weight is 268 g/mol. The van der Waals surface area contributed by atoms with Gasteiger partial charge in [0.2, 0.25) is 11.8 Å². The molecule has 0 saturated carbocycles. The van der Waals surface area contributed by atoms with E-state index >= 15 is 0 Å². The molecular formula is C14H24N2O3. The van der Waals surface area contributed by atoms with Crippen LogP contribution in [0.15, 0.2) is 0 Å². The second-order valence-corrected chi connectivity index (χ2v) is 5.88. The molecular weight excluding hydrogens is 244 g/mol. The van der Waals surface area contributed by atoms with Gasteiger partial charge in [0.25, 0.3) is 0 Å². The van der Waals surface area contributed by atoms with Gasteiger partial charge in [-0.15, -0.1) is 0 Å². The number of unbranched alkanes of at least 4 members (excludes halogenated alkanes) is 1. The summed E-state index contributed by atoms with van der Waals surface area (Å²) in [5.74, 6) is -0.638. The summed E-state index contributed by atoms with van der Waals surface area (Å²) >= 11 is 0. The van der Waals surface area contributed by atoms with Crippen LogP contribution in [0.2, 0.25) is 0 Å². The molecule has 1 atom stereocenters. The molecule has 108 valence electrons. The van der Waals surface area contributed by atoms with Gasteiger partial charge in [-0.1, -0.05) is 46.5 Å². The molecule has 4 amide bonds. The monoisotopic (exact) mass is 268 g/mol. The minimum atomic E-state index is -0.724. The summed E-state index contributed by atoms with van der Waals surface area (Å²) < 4.78 is 0. The van der Waals surface area contributed by atoms with Crippen molar-refractivity contribution in [1.29, 1.82) is 0 Å². The Morgan fingerprint density at radius 3 is 2.00 bits per heavy atom. The van der Waals surface area contributed by atoms with Crippen LogP contribution in [0.25, 0.3) is 0 Å². The van der Waals surface area contributed by atoms with Gasteiger partial charge < -0.3 is 0 Å². The fourth-order valence-corrected chi connectivity index (χ4v) is 2.33. The second kappa shape index (κ2) is 7.26. The summed E-state index contributed by atoms with van der Waals surface area (Å²) in [4.78, 5) is 34.1. The largest absolute Gasteiger partial charge is 0.328 e. The maximum absolute atomic E-state index is 11.6. The van der Waals surface area contributed by atoms with Crippen molar-refractivity contribution in [3.8, 4) is 0 Å². The lowest BCUT2D eigenvalue weighted by molar-refractivity contribution is -0.136. The van der Waals surface area contributed by atoms with Gasteiger partial charge in [-0.3, -0.25) is 20.2 Å². The zero-order chi connectivity index (χ0) is 14.4. The molecule has 1 unspecified atom stereocenters. The fraction of sp³-hybridized carbons (Fsp3) is 0.786. The summed E-state index contributed by atoms with van der Waals surface area (Å²) in [7, 11) is 0. The van der Waals surface area contributed by atoms with Crippen molar-refractivity contribution >= 4 is 17.8 Å². The van der Waals surface area contributed by atoms with Crippen molar-refractivity contribution in [3.63, 3.8) is 0 Å². The smallest absolute Gasteiger partial charge is 0.277 e. The zero-order valence-electron chi connectivity index (χ0n) is 12.0. The lowest BCUT2D eigenvalue weighted by atomic mass is 9.89. The van der Waals surface area contributed by atoms with Crippen molar-refractivity contribution < 1.29 is 14.4 Å². The number of nitrogens with one attached hydrogen (secondary N) is 2. The van der Waals surface area contributed by atoms with Gasteiger partial charge in [0.15, 0.2) is 0 Å². The van der Waals surface area contributed by atoms with E-state index in [-0.39, 0.29) is 0 Å². The van der Waals surface area contributed by atoms with Crippen LogP contribution in [-0.4, -0.2) is 17.8 Å². The van der Waals surface area contributed by atoms with Crippen molar-refractivity contribution in [1.82, 2.24) is 10.6 Å². The number of hydrogen-bond acceptors (Lipinski definition) is 3. The molecule has 1 saturated heterocycles. The quantitative estimate of drug-likeness (QED) is 0.549. The highest BCUT2D eigenvalue weighted by atomic mass is 16.2. The van der Waals surface area contributed by atoms with Crippen LogP contribution in [0.5, 0.6) is 0 Å². The van der Waals surface area contributed by atoms with Crippen molar-refractivity contribution in [2.45, 2.75) is 52.9 Å². The predicted molar refractivity (Wildman–Crippen MR) is 72.3 cm³/mol. The molecule has 5 heteroatoms. The number of hydrogen-bond donors (Lipinski definition) is 2. The Labute approximate surface area is 114 Å². The van der Waals surface area contributed by atoms with Crippen LogP contribution in [-0.2, 0) is 9.59 Å². The molecule has 1 rings (SSSR count). The van der Waals surface area contributed by atoms with Crippen LogP contribution in [0.4, 0.5) is 4.79 Å². The first kappa shape index (κ1) is 15.7. The first-order valence-corrected chi connectivity index (χ1v) is 7.05. The first-order valence-electron chi connectivity index (χ1n) is 7.05. The standard InChI is InChI=1S/C14H24N2O3/c1-9(2)6-4-5-7-10(3)8-11-12(17)15-14(19)16-13(11)18/h9-11H,4-8H2,1-3H3,(H2,15,16,17,18,19). The van der Waals surface area contributed by atoms with Gasteiger partial charge in [-0.05, 0) is 18.3 Å². The van der Waals surface area contributed by atoms with Crippen LogP contribution in [0.3, 0.4) is 0 Å². The van der Waals surface area contributed by atoms with E-state index < -0.39 is 23.8 Å². The SMILES string of the molecule is CC(C)CCCCC(C)CC1C(=O)NC(=O)NC1=O. The van der Waals surface area contributed by atoms with Gasteiger partial charge in [-0.25, -0.2) is 4.79 Å². The van der Waals surface area contributed by atoms with Crippen molar-refractivity contribution in [3.05, 3.63) is 0 Å². The molecule has 0 aliphatic carbocycles. The molecule has 1 aliphatic heterocycles. The summed E-state index contributed by atoms with van der Waals surface area (Å²) in [6.07, 6.45) is 5.04. The molecule has 1 aliphatic rings. The Morgan fingerprint density at radius 2 is 1.47 bits per heavy atom. The first-order chi connectivity index (χ1) is 8.90. The average Bonchev–Trinajstić information content (AvgIpc) is 2.29. The number of carbonyl (C=O) groups excluding carboxylic acids is 3. The van der Waals surface area contributed by atoms with E-state index in [4.69, 9.17) is 0 Å². The Morgan fingerprint density at radius 1 is 0.947 bits per heavy atom. The third-order valence-corrected chi connectivity index (χ3v) is 3.47. The Hall–Kier alpha value is -1.39. The highest BCUT2D eigenvalue weighted by Gasteiger charge is 2.34. The molecule has 2 N–H and O–H groups in total. The third-order valence-electron chi connectivity index (χ3n) is 3.47. The number of imide groups is 2. The molecule has 5 nitrogen and oxygen atoms in total. The highest BCUT2D eigenvalue weighted by Crippen LogP contribution is 2.21. The molecule has 0 radical (unpaired) electrons. The van der Waals surface area contributed by atoms with Crippen LogP contribution in [0.1, 0.15) is 52.9 Å². The third kappa shape index (κ3) is 5.41. The predicted octanol–water partition coefficient (Wildman–Crippen LogP) is 2.21. The topological polar surface area (TPSA) is 75.3 Å². The van der Waals surface area contributed by atoms with Gasteiger partial charge in [-0.2, -0.15) is 0 Å². The minimum Gasteiger partial charge on any atom is -0.277 e. The molecule has 1 heterocycles. The van der Waals surface area contributed by atoms with Gasteiger partial charge in [0.1, 0.15) is 5.92 Å². The molecule has 0 spiro atoms. The van der Waals surface area contributed by atoms with Crippen molar-refractivity contribution in [2.24, 2.45) is 17.8 Å². The van der Waals surface area contributed by atoms with E-state index in [0.717, 1.165) is 18.8 Å². The summed E-state index contributed by atoms with van der Waals surface area (Å²) in [5.41, 5.74) is 0. The number of amides is 4. The van der Waals surface area contributed by atoms with E-state index in [1.54, 1.807) is 0 Å². The summed E-state index contributed by atoms with van der Waals surface area (Å²) in [6, 6.07) is -0.712. The Kier molecular flexibility index (Phi) is 5.99. The lowest BCUT2D eigenvalue weighted by Gasteiger charge is -2.23. The molecule has 0 aromatic carbocycles. The molecule has 1 fully saturated rings. The fourth-order valence-electron chi connectivity index (χ4n) is 2.33. The van der Waals surface area contributed by atoms with E-state index in [0.29, 0.717) is 12.3 Å². The zero-order valence-corrected chi connectivity index (χ0v) is 12.0. The maximum atomic E-state index is 11.6. The van der Waals surface area contributed by atoms with Crippen LogP contribution in [0, 0.1) is 17.8 Å². The van der Waals surface area contributed by atoms with Gasteiger partial charge >= 0.3 is 6.03 Å². The number of barbiturate groups is 1. The van der Waals surface area contributed by atoms with E-state index in [9.17, 15) is 14.4 Å². The summed E-state index contributed by atoms with van der Waals surface area (Å²) in [5, 5.41) is 4.28. The van der Waals surface area contributed by atoms with E-state index in [2.05, 4.69) is 24.5 Å². The second-order valence-electron chi connectivity index (χ2n) is 5.88. The Bertz CT molecular complexity index is 333. The molecule has 0 aromatic rings.